The molecule has 6 heteroatoms. The van der Waals surface area contributed by atoms with Crippen LogP contribution in [0.1, 0.15) is 6.92 Å². The average Bonchev–Trinajstić information content (AvgIpc) is 2.58. The Bertz CT molecular complexity index is 602. The first-order chi connectivity index (χ1) is 11.7. The zero-order valence-electron chi connectivity index (χ0n) is 13.8. The van der Waals surface area contributed by atoms with Gasteiger partial charge in [-0.2, -0.15) is 0 Å². The second kappa shape index (κ2) is 9.64. The van der Waals surface area contributed by atoms with Crippen molar-refractivity contribution in [1.82, 2.24) is 4.90 Å². The number of allylic oxidation sites excluding steroid dienone is 3. The normalized spacial score (nSPS) is 15.7. The Morgan fingerprint density at radius 1 is 1.08 bits per heavy atom. The summed E-state index contributed by atoms with van der Waals surface area (Å²) < 4.78 is 5.26. The van der Waals surface area contributed by atoms with E-state index >= 15 is 0 Å². The lowest BCUT2D eigenvalue weighted by molar-refractivity contribution is -0.118. The highest BCUT2D eigenvalue weighted by Gasteiger charge is 2.14. The number of rotatable bonds is 6. The highest BCUT2D eigenvalue weighted by atomic mass is 16.5. The van der Waals surface area contributed by atoms with Gasteiger partial charge in [-0.05, 0) is 31.2 Å². The maximum atomic E-state index is 12.0. The SMILES string of the molecule is C/C=C/C=C/C(=O)Nc1ccc(NC(=O)CN2CCOCC2)cc1. The molecule has 0 saturated carbocycles. The van der Waals surface area contributed by atoms with Gasteiger partial charge in [-0.1, -0.05) is 18.2 Å². The highest BCUT2D eigenvalue weighted by molar-refractivity contribution is 5.99. The van der Waals surface area contributed by atoms with Crippen LogP contribution < -0.4 is 10.6 Å². The number of nitrogens with one attached hydrogen (secondary N) is 2. The molecule has 1 aliphatic rings. The van der Waals surface area contributed by atoms with Crippen molar-refractivity contribution in [3.8, 4) is 0 Å². The van der Waals surface area contributed by atoms with Crippen LogP contribution in [0, 0.1) is 0 Å². The van der Waals surface area contributed by atoms with Crippen molar-refractivity contribution >= 4 is 23.2 Å². The number of amides is 2. The van der Waals surface area contributed by atoms with Crippen molar-refractivity contribution in [2.45, 2.75) is 6.92 Å². The van der Waals surface area contributed by atoms with E-state index < -0.39 is 0 Å². The van der Waals surface area contributed by atoms with Crippen LogP contribution in [0.4, 0.5) is 11.4 Å². The van der Waals surface area contributed by atoms with Crippen LogP contribution in [0.2, 0.25) is 0 Å². The van der Waals surface area contributed by atoms with E-state index in [1.54, 1.807) is 36.4 Å². The lowest BCUT2D eigenvalue weighted by atomic mass is 10.2. The number of nitrogens with zero attached hydrogens (tertiary/aromatic N) is 1. The zero-order valence-corrected chi connectivity index (χ0v) is 13.8. The van der Waals surface area contributed by atoms with Crippen LogP contribution in [-0.2, 0) is 14.3 Å². The Morgan fingerprint density at radius 3 is 2.33 bits per heavy atom. The molecule has 2 N–H and O–H groups in total. The third kappa shape index (κ3) is 6.36. The minimum atomic E-state index is -0.197. The first-order valence-electron chi connectivity index (χ1n) is 7.98. The third-order valence-corrected chi connectivity index (χ3v) is 3.46. The maximum absolute atomic E-state index is 12.0. The molecule has 1 fully saturated rings. The second-order valence-electron chi connectivity index (χ2n) is 5.39. The van der Waals surface area contributed by atoms with Crippen LogP contribution >= 0.6 is 0 Å². The Hall–Kier alpha value is -2.44. The predicted octanol–water partition coefficient (Wildman–Crippen LogP) is 2.03. The van der Waals surface area contributed by atoms with E-state index in [2.05, 4.69) is 15.5 Å². The van der Waals surface area contributed by atoms with Gasteiger partial charge in [0.2, 0.25) is 11.8 Å². The number of ether oxygens (including phenoxy) is 1. The molecule has 2 rings (SSSR count). The number of hydrogen-bond donors (Lipinski definition) is 2. The molecule has 0 aromatic heterocycles. The van der Waals surface area contributed by atoms with Gasteiger partial charge in [-0.15, -0.1) is 0 Å². The Balaban J connectivity index is 1.80. The quantitative estimate of drug-likeness (QED) is 0.619. The smallest absolute Gasteiger partial charge is 0.248 e. The number of morpholine rings is 1. The van der Waals surface area contributed by atoms with Crippen LogP contribution in [0.25, 0.3) is 0 Å². The molecule has 1 aromatic carbocycles. The molecule has 0 atom stereocenters. The van der Waals surface area contributed by atoms with Crippen LogP contribution in [0.5, 0.6) is 0 Å². The Labute approximate surface area is 142 Å². The van der Waals surface area contributed by atoms with Crippen molar-refractivity contribution < 1.29 is 14.3 Å². The topological polar surface area (TPSA) is 70.7 Å². The van der Waals surface area contributed by atoms with Crippen LogP contribution in [0.15, 0.2) is 48.6 Å². The van der Waals surface area contributed by atoms with E-state index in [1.165, 1.54) is 6.08 Å². The van der Waals surface area contributed by atoms with E-state index in [9.17, 15) is 9.59 Å². The minimum absolute atomic E-state index is 0.0528. The molecule has 128 valence electrons. The zero-order chi connectivity index (χ0) is 17.2. The Kier molecular flexibility index (Phi) is 7.20. The van der Waals surface area contributed by atoms with Gasteiger partial charge < -0.3 is 15.4 Å². The van der Waals surface area contributed by atoms with E-state index in [1.807, 2.05) is 13.0 Å². The summed E-state index contributed by atoms with van der Waals surface area (Å²) in [5.41, 5.74) is 1.38. The average molecular weight is 329 g/mol. The molecular formula is C18H23N3O3. The van der Waals surface area contributed by atoms with Gasteiger partial charge in [-0.25, -0.2) is 0 Å². The van der Waals surface area contributed by atoms with Gasteiger partial charge in [0.15, 0.2) is 0 Å². The maximum Gasteiger partial charge on any atom is 0.248 e. The summed E-state index contributed by atoms with van der Waals surface area (Å²) in [5.74, 6) is -0.250. The minimum Gasteiger partial charge on any atom is -0.379 e. The van der Waals surface area contributed by atoms with Crippen LogP contribution in [0.3, 0.4) is 0 Å². The summed E-state index contributed by atoms with van der Waals surface area (Å²) in [6.45, 7) is 5.14. The molecular weight excluding hydrogens is 306 g/mol. The summed E-state index contributed by atoms with van der Waals surface area (Å²) in [6.07, 6.45) is 6.76. The van der Waals surface area contributed by atoms with E-state index in [4.69, 9.17) is 4.74 Å². The molecule has 0 radical (unpaired) electrons. The molecule has 0 aliphatic carbocycles. The largest absolute Gasteiger partial charge is 0.379 e. The molecule has 0 unspecified atom stereocenters. The van der Waals surface area contributed by atoms with Gasteiger partial charge in [0.1, 0.15) is 0 Å². The first kappa shape index (κ1) is 17.9. The Morgan fingerprint density at radius 2 is 1.71 bits per heavy atom. The number of hydrogen-bond acceptors (Lipinski definition) is 4. The number of carbonyl (C=O) groups is 2. The fraction of sp³-hybridized carbons (Fsp3) is 0.333. The second-order valence-corrected chi connectivity index (χ2v) is 5.39. The molecule has 1 saturated heterocycles. The predicted molar refractivity (Wildman–Crippen MR) is 94.9 cm³/mol. The molecule has 1 heterocycles. The first-order valence-corrected chi connectivity index (χ1v) is 7.98. The fourth-order valence-electron chi connectivity index (χ4n) is 2.24. The van der Waals surface area contributed by atoms with E-state index in [0.717, 1.165) is 13.1 Å². The lowest BCUT2D eigenvalue weighted by Crippen LogP contribution is -2.41. The van der Waals surface area contributed by atoms with Crippen molar-refractivity contribution in [3.05, 3.63) is 48.6 Å². The standard InChI is InChI=1S/C18H23N3O3/c1-2-3-4-5-17(22)19-15-6-8-16(9-7-15)20-18(23)14-21-10-12-24-13-11-21/h2-9H,10-14H2,1H3,(H,19,22)(H,20,23)/b3-2+,5-4+. The number of anilines is 2. The van der Waals surface area contributed by atoms with E-state index in [0.29, 0.717) is 31.1 Å². The summed E-state index contributed by atoms with van der Waals surface area (Å²) >= 11 is 0. The van der Waals surface area contributed by atoms with Crippen molar-refractivity contribution in [2.24, 2.45) is 0 Å². The van der Waals surface area contributed by atoms with Gasteiger partial charge in [-0.3, -0.25) is 14.5 Å². The monoisotopic (exact) mass is 329 g/mol. The van der Waals surface area contributed by atoms with Crippen LogP contribution in [-0.4, -0.2) is 49.6 Å². The number of carbonyl (C=O) groups excluding carboxylic acids is 2. The summed E-state index contributed by atoms with van der Waals surface area (Å²) in [7, 11) is 0. The molecule has 1 aromatic rings. The fourth-order valence-corrected chi connectivity index (χ4v) is 2.24. The highest BCUT2D eigenvalue weighted by Crippen LogP contribution is 2.13. The molecule has 1 aliphatic heterocycles. The molecule has 2 amide bonds. The van der Waals surface area contributed by atoms with Crippen molar-refractivity contribution in [3.63, 3.8) is 0 Å². The van der Waals surface area contributed by atoms with Gasteiger partial charge in [0, 0.05) is 30.5 Å². The third-order valence-electron chi connectivity index (χ3n) is 3.46. The van der Waals surface area contributed by atoms with Gasteiger partial charge in [0.05, 0.1) is 19.8 Å². The van der Waals surface area contributed by atoms with Crippen molar-refractivity contribution in [1.29, 1.82) is 0 Å². The summed E-state index contributed by atoms with van der Waals surface area (Å²) in [4.78, 5) is 25.7. The molecule has 0 bridgehead atoms. The van der Waals surface area contributed by atoms with Crippen molar-refractivity contribution in [2.75, 3.05) is 43.5 Å². The van der Waals surface area contributed by atoms with E-state index in [-0.39, 0.29) is 11.8 Å². The summed E-state index contributed by atoms with van der Waals surface area (Å²) in [6, 6.07) is 7.04. The lowest BCUT2D eigenvalue weighted by Gasteiger charge is -2.25. The molecule has 24 heavy (non-hydrogen) atoms. The van der Waals surface area contributed by atoms with Gasteiger partial charge >= 0.3 is 0 Å². The molecule has 0 spiro atoms. The summed E-state index contributed by atoms with van der Waals surface area (Å²) in [5, 5.41) is 5.61. The molecule has 6 nitrogen and oxygen atoms in total. The van der Waals surface area contributed by atoms with Gasteiger partial charge in [0.25, 0.3) is 0 Å². The number of benzene rings is 1.